The molecule has 36 heavy (non-hydrogen) atoms. The summed E-state index contributed by atoms with van der Waals surface area (Å²) >= 11 is 0. The molecule has 1 aliphatic heterocycles. The molecule has 7 nitrogen and oxygen atoms in total. The molecule has 2 aromatic heterocycles. The van der Waals surface area contributed by atoms with E-state index in [1.54, 1.807) is 12.5 Å². The van der Waals surface area contributed by atoms with Crippen LogP contribution in [0.5, 0.6) is 0 Å². The number of carbonyl (C=O) groups is 1. The number of amides is 1. The Kier molecular flexibility index (Phi) is 5.15. The van der Waals surface area contributed by atoms with Gasteiger partial charge in [-0.25, -0.2) is 14.6 Å². The number of fused-ring (bicyclic) bond motifs is 1. The highest BCUT2D eigenvalue weighted by Crippen LogP contribution is 2.59. The quantitative estimate of drug-likeness (QED) is 0.566. The van der Waals surface area contributed by atoms with Gasteiger partial charge in [-0.2, -0.15) is 5.10 Å². The molecule has 0 spiro atoms. The van der Waals surface area contributed by atoms with Crippen LogP contribution in [-0.2, 0) is 13.0 Å². The third-order valence-electron chi connectivity index (χ3n) is 9.33. The first-order valence-electron chi connectivity index (χ1n) is 13.5. The second kappa shape index (κ2) is 8.43. The number of anilines is 1. The topological polar surface area (TPSA) is 75.9 Å². The molecule has 0 radical (unpaired) electrons. The summed E-state index contributed by atoms with van der Waals surface area (Å²) in [5, 5.41) is 8.26. The average Bonchev–Trinajstić information content (AvgIpc) is 3.27. The Bertz CT molecular complexity index is 1260. The van der Waals surface area contributed by atoms with Crippen molar-refractivity contribution in [1.82, 2.24) is 24.6 Å². The highest BCUT2D eigenvalue weighted by atomic mass is 16.2. The van der Waals surface area contributed by atoms with E-state index in [1.807, 2.05) is 46.8 Å². The van der Waals surface area contributed by atoms with Crippen LogP contribution in [0.15, 0.2) is 42.9 Å². The maximum absolute atomic E-state index is 13.5. The average molecular weight is 483 g/mol. The molecular formula is C29H34N6O. The van der Waals surface area contributed by atoms with Crippen molar-refractivity contribution in [3.63, 3.8) is 0 Å². The van der Waals surface area contributed by atoms with Crippen LogP contribution in [-0.4, -0.2) is 43.6 Å². The van der Waals surface area contributed by atoms with Gasteiger partial charge in [0.15, 0.2) is 0 Å². The highest BCUT2D eigenvalue weighted by molar-refractivity contribution is 5.95. The van der Waals surface area contributed by atoms with Crippen LogP contribution >= 0.6 is 0 Å². The molecule has 3 aromatic rings. The van der Waals surface area contributed by atoms with Crippen LogP contribution < -0.4 is 5.32 Å². The fourth-order valence-corrected chi connectivity index (χ4v) is 8.08. The van der Waals surface area contributed by atoms with Gasteiger partial charge in [0.2, 0.25) is 0 Å². The molecular weight excluding hydrogens is 448 g/mol. The van der Waals surface area contributed by atoms with E-state index in [0.29, 0.717) is 24.1 Å². The number of carbonyl (C=O) groups excluding carboxylic acids is 1. The van der Waals surface area contributed by atoms with Gasteiger partial charge in [0.05, 0.1) is 35.4 Å². The van der Waals surface area contributed by atoms with E-state index in [9.17, 15) is 4.79 Å². The molecule has 1 aromatic carbocycles. The minimum Gasteiger partial charge on any atom is -0.369 e. The first-order valence-corrected chi connectivity index (χ1v) is 13.5. The van der Waals surface area contributed by atoms with Crippen molar-refractivity contribution in [2.45, 2.75) is 58.4 Å². The number of hydrogen-bond donors (Lipinski definition) is 1. The van der Waals surface area contributed by atoms with Gasteiger partial charge in [0, 0.05) is 18.7 Å². The second-order valence-electron chi connectivity index (χ2n) is 11.8. The number of aromatic nitrogens is 4. The lowest BCUT2D eigenvalue weighted by atomic mass is 9.49. The fraction of sp³-hybridized carbons (Fsp3) is 0.517. The van der Waals surface area contributed by atoms with Crippen molar-refractivity contribution in [3.05, 3.63) is 65.4 Å². The minimum atomic E-state index is 0.0158. The summed E-state index contributed by atoms with van der Waals surface area (Å²) in [7, 11) is 0. The molecule has 4 aliphatic carbocycles. The van der Waals surface area contributed by atoms with Crippen molar-refractivity contribution in [1.29, 1.82) is 0 Å². The van der Waals surface area contributed by atoms with Gasteiger partial charge in [-0.05, 0) is 87.2 Å². The van der Waals surface area contributed by atoms with Gasteiger partial charge in [0.25, 0.3) is 5.91 Å². The number of hydrogen-bond acceptors (Lipinski definition) is 5. The predicted octanol–water partition coefficient (Wildman–Crippen LogP) is 4.80. The lowest BCUT2D eigenvalue weighted by molar-refractivity contribution is -0.0444. The minimum absolute atomic E-state index is 0.0158. The molecule has 4 bridgehead atoms. The largest absolute Gasteiger partial charge is 0.369 e. The molecule has 8 rings (SSSR count). The number of rotatable bonds is 5. The Morgan fingerprint density at radius 2 is 1.78 bits per heavy atom. The maximum atomic E-state index is 13.5. The zero-order valence-corrected chi connectivity index (χ0v) is 21.0. The smallest absolute Gasteiger partial charge is 0.257 e. The third kappa shape index (κ3) is 3.71. The number of nitrogens with one attached hydrogen (secondary N) is 1. The van der Waals surface area contributed by atoms with Crippen LogP contribution in [0, 0.1) is 30.1 Å². The summed E-state index contributed by atoms with van der Waals surface area (Å²) in [5.41, 5.74) is 5.07. The SMILES string of the molecule is Cc1c(C(=O)N2CCc3c(ncnc3NCC34CC5CC(CC(C5)C3)C4)C2)cnn1-c1ccccc1. The zero-order valence-electron chi connectivity index (χ0n) is 21.0. The maximum Gasteiger partial charge on any atom is 0.257 e. The van der Waals surface area contributed by atoms with E-state index in [2.05, 4.69) is 20.4 Å². The Balaban J connectivity index is 1.06. The van der Waals surface area contributed by atoms with E-state index < -0.39 is 0 Å². The molecule has 1 N–H and O–H groups in total. The van der Waals surface area contributed by atoms with E-state index in [-0.39, 0.29) is 5.91 Å². The molecule has 186 valence electrons. The molecule has 0 atom stereocenters. The van der Waals surface area contributed by atoms with E-state index >= 15 is 0 Å². The molecule has 1 amide bonds. The highest BCUT2D eigenvalue weighted by Gasteiger charge is 2.50. The number of benzene rings is 1. The Labute approximate surface area is 212 Å². The van der Waals surface area contributed by atoms with E-state index in [1.165, 1.54) is 44.1 Å². The lowest BCUT2D eigenvalue weighted by Gasteiger charge is -2.57. The van der Waals surface area contributed by atoms with Crippen molar-refractivity contribution in [2.24, 2.45) is 23.2 Å². The van der Waals surface area contributed by atoms with Gasteiger partial charge in [-0.3, -0.25) is 4.79 Å². The van der Waals surface area contributed by atoms with Gasteiger partial charge < -0.3 is 10.2 Å². The van der Waals surface area contributed by atoms with E-state index in [4.69, 9.17) is 0 Å². The van der Waals surface area contributed by atoms with Crippen molar-refractivity contribution >= 4 is 11.7 Å². The van der Waals surface area contributed by atoms with Gasteiger partial charge in [0.1, 0.15) is 12.1 Å². The van der Waals surface area contributed by atoms with Gasteiger partial charge in [-0.1, -0.05) is 18.2 Å². The Hall–Kier alpha value is -3.22. The molecule has 0 unspecified atom stereocenters. The summed E-state index contributed by atoms with van der Waals surface area (Å²) in [5.74, 6) is 3.85. The van der Waals surface area contributed by atoms with Gasteiger partial charge >= 0.3 is 0 Å². The Morgan fingerprint density at radius 1 is 1.06 bits per heavy atom. The predicted molar refractivity (Wildman–Crippen MR) is 138 cm³/mol. The fourth-order valence-electron chi connectivity index (χ4n) is 8.08. The molecule has 4 saturated carbocycles. The molecule has 5 aliphatic rings. The summed E-state index contributed by atoms with van der Waals surface area (Å²) in [6, 6.07) is 9.94. The summed E-state index contributed by atoms with van der Waals surface area (Å²) in [6.07, 6.45) is 12.7. The van der Waals surface area contributed by atoms with Crippen LogP contribution in [0.25, 0.3) is 5.69 Å². The van der Waals surface area contributed by atoms with Crippen molar-refractivity contribution in [3.8, 4) is 5.69 Å². The molecule has 3 heterocycles. The van der Waals surface area contributed by atoms with Crippen molar-refractivity contribution in [2.75, 3.05) is 18.4 Å². The summed E-state index contributed by atoms with van der Waals surface area (Å²) in [4.78, 5) is 24.6. The standard InChI is InChI=1S/C29H34N6O/c1-19-25(15-33-35(19)23-5-3-2-4-6-23)28(36)34-8-7-24-26(16-34)31-18-32-27(24)30-17-29-12-20-9-21(13-29)11-22(10-20)14-29/h2-6,15,18,20-22H,7-14,16-17H2,1H3,(H,30,31,32). The normalized spacial score (nSPS) is 28.2. The Morgan fingerprint density at radius 3 is 2.50 bits per heavy atom. The van der Waals surface area contributed by atoms with Crippen LogP contribution in [0.1, 0.15) is 65.8 Å². The monoisotopic (exact) mass is 482 g/mol. The lowest BCUT2D eigenvalue weighted by Crippen LogP contribution is -2.49. The molecule has 7 heteroatoms. The summed E-state index contributed by atoms with van der Waals surface area (Å²) < 4.78 is 1.83. The van der Waals surface area contributed by atoms with Crippen LogP contribution in [0.4, 0.5) is 5.82 Å². The first kappa shape index (κ1) is 22.0. The zero-order chi connectivity index (χ0) is 24.3. The van der Waals surface area contributed by atoms with Crippen LogP contribution in [0.2, 0.25) is 0 Å². The third-order valence-corrected chi connectivity index (χ3v) is 9.33. The van der Waals surface area contributed by atoms with Crippen LogP contribution in [0.3, 0.4) is 0 Å². The first-order chi connectivity index (χ1) is 17.6. The number of para-hydroxylation sites is 1. The molecule has 0 saturated heterocycles. The van der Waals surface area contributed by atoms with E-state index in [0.717, 1.165) is 53.6 Å². The molecule has 4 fully saturated rings. The summed E-state index contributed by atoms with van der Waals surface area (Å²) in [6.45, 7) is 4.17. The number of nitrogens with zero attached hydrogens (tertiary/aromatic N) is 5. The second-order valence-corrected chi connectivity index (χ2v) is 11.8. The van der Waals surface area contributed by atoms with Gasteiger partial charge in [-0.15, -0.1) is 0 Å². The van der Waals surface area contributed by atoms with Crippen molar-refractivity contribution < 1.29 is 4.79 Å².